The highest BCUT2D eigenvalue weighted by Gasteiger charge is 2.37. The molecule has 0 radical (unpaired) electrons. The minimum atomic E-state index is -0.746. The first-order valence-electron chi connectivity index (χ1n) is 11.0. The second-order valence-corrected chi connectivity index (χ2v) is 9.68. The molecule has 1 N–H and O–H groups in total. The Morgan fingerprint density at radius 1 is 0.853 bits per heavy atom. The van der Waals surface area contributed by atoms with Crippen LogP contribution < -0.4 is 10.2 Å². The SMILES string of the molecule is Cc1cc(C)cc(Cc2ccc(Br)cc2/C=C2\C(=O)NC(=O)N(c3ccc(C)cc3C)C2=O)c1. The zero-order chi connectivity index (χ0) is 24.6. The highest BCUT2D eigenvalue weighted by atomic mass is 79.9. The summed E-state index contributed by atoms with van der Waals surface area (Å²) in [6.45, 7) is 7.89. The zero-order valence-electron chi connectivity index (χ0n) is 19.5. The largest absolute Gasteiger partial charge is 0.335 e. The van der Waals surface area contributed by atoms with Gasteiger partial charge >= 0.3 is 6.03 Å². The summed E-state index contributed by atoms with van der Waals surface area (Å²) in [5, 5.41) is 2.32. The Hall–Kier alpha value is -3.51. The molecule has 4 rings (SSSR count). The van der Waals surface area contributed by atoms with Crippen LogP contribution in [0.3, 0.4) is 0 Å². The third-order valence-corrected chi connectivity index (χ3v) is 6.27. The summed E-state index contributed by atoms with van der Waals surface area (Å²) in [4.78, 5) is 39.8. The van der Waals surface area contributed by atoms with Crippen LogP contribution in [0, 0.1) is 27.7 Å². The van der Waals surface area contributed by atoms with Crippen molar-refractivity contribution in [1.29, 1.82) is 0 Å². The van der Waals surface area contributed by atoms with Crippen LogP contribution in [0.5, 0.6) is 0 Å². The standard InChI is InChI=1S/C28H25BrN2O3/c1-16-5-8-25(19(4)10-16)31-27(33)24(26(32)30-28(31)34)15-22-14-23(29)7-6-21(22)13-20-11-17(2)9-18(3)12-20/h5-12,14-15H,13H2,1-4H3,(H,30,32,34)/b24-15+. The average Bonchev–Trinajstić information content (AvgIpc) is 2.73. The predicted molar refractivity (Wildman–Crippen MR) is 138 cm³/mol. The van der Waals surface area contributed by atoms with E-state index in [9.17, 15) is 14.4 Å². The van der Waals surface area contributed by atoms with Crippen LogP contribution in [0.4, 0.5) is 10.5 Å². The lowest BCUT2D eigenvalue weighted by atomic mass is 9.95. The van der Waals surface area contributed by atoms with Gasteiger partial charge in [-0.05, 0) is 80.6 Å². The lowest BCUT2D eigenvalue weighted by molar-refractivity contribution is -0.122. The first-order chi connectivity index (χ1) is 16.1. The van der Waals surface area contributed by atoms with E-state index in [0.717, 1.165) is 37.2 Å². The van der Waals surface area contributed by atoms with Crippen molar-refractivity contribution in [1.82, 2.24) is 5.32 Å². The number of carbonyl (C=O) groups excluding carboxylic acids is 3. The zero-order valence-corrected chi connectivity index (χ0v) is 21.1. The van der Waals surface area contributed by atoms with Gasteiger partial charge in [0.25, 0.3) is 11.8 Å². The number of imide groups is 2. The Bertz CT molecular complexity index is 1350. The molecule has 3 aromatic rings. The first kappa shape index (κ1) is 23.6. The van der Waals surface area contributed by atoms with E-state index in [-0.39, 0.29) is 5.57 Å². The van der Waals surface area contributed by atoms with Crippen LogP contribution in [0.15, 0.2) is 64.6 Å². The molecule has 4 amide bonds. The number of barbiturate groups is 1. The van der Waals surface area contributed by atoms with Crippen LogP contribution in [0.25, 0.3) is 6.08 Å². The molecule has 1 fully saturated rings. The van der Waals surface area contributed by atoms with E-state index in [1.807, 2.05) is 44.2 Å². The van der Waals surface area contributed by atoms with Gasteiger partial charge in [-0.3, -0.25) is 14.9 Å². The van der Waals surface area contributed by atoms with Crippen molar-refractivity contribution in [2.45, 2.75) is 34.1 Å². The Morgan fingerprint density at radius 3 is 2.24 bits per heavy atom. The predicted octanol–water partition coefficient (Wildman–Crippen LogP) is 5.94. The van der Waals surface area contributed by atoms with E-state index in [1.165, 1.54) is 11.1 Å². The quantitative estimate of drug-likeness (QED) is 0.344. The smallest absolute Gasteiger partial charge is 0.273 e. The third-order valence-electron chi connectivity index (χ3n) is 5.78. The molecule has 0 atom stereocenters. The second kappa shape index (κ2) is 9.39. The van der Waals surface area contributed by atoms with Gasteiger partial charge in [0.2, 0.25) is 0 Å². The summed E-state index contributed by atoms with van der Waals surface area (Å²) in [5.41, 5.74) is 7.37. The van der Waals surface area contributed by atoms with Crippen molar-refractivity contribution < 1.29 is 14.4 Å². The number of urea groups is 1. The number of halogens is 1. The molecule has 1 saturated heterocycles. The van der Waals surface area contributed by atoms with Crippen molar-refractivity contribution in [2.24, 2.45) is 0 Å². The summed E-state index contributed by atoms with van der Waals surface area (Å²) >= 11 is 3.50. The molecule has 34 heavy (non-hydrogen) atoms. The normalized spacial score (nSPS) is 15.1. The van der Waals surface area contributed by atoms with E-state index >= 15 is 0 Å². The molecule has 1 aliphatic heterocycles. The molecule has 172 valence electrons. The van der Waals surface area contributed by atoms with Gasteiger partial charge in [-0.2, -0.15) is 0 Å². The van der Waals surface area contributed by atoms with Crippen molar-refractivity contribution in [3.63, 3.8) is 0 Å². The number of anilines is 1. The van der Waals surface area contributed by atoms with Gasteiger partial charge in [-0.25, -0.2) is 9.69 Å². The topological polar surface area (TPSA) is 66.5 Å². The molecule has 0 unspecified atom stereocenters. The number of aryl methyl sites for hydroxylation is 4. The molecule has 3 aromatic carbocycles. The van der Waals surface area contributed by atoms with Crippen molar-refractivity contribution in [3.05, 3.63) is 104 Å². The maximum atomic E-state index is 13.4. The molecule has 0 saturated carbocycles. The van der Waals surface area contributed by atoms with E-state index in [2.05, 4.69) is 53.3 Å². The van der Waals surface area contributed by atoms with Gasteiger partial charge in [0, 0.05) is 4.47 Å². The van der Waals surface area contributed by atoms with Gasteiger partial charge in [0.15, 0.2) is 0 Å². The fourth-order valence-electron chi connectivity index (χ4n) is 4.34. The maximum absolute atomic E-state index is 13.4. The Morgan fingerprint density at radius 2 is 1.56 bits per heavy atom. The molecule has 5 nitrogen and oxygen atoms in total. The van der Waals surface area contributed by atoms with Crippen LogP contribution in [0.1, 0.15) is 38.9 Å². The Labute approximate surface area is 207 Å². The van der Waals surface area contributed by atoms with Crippen molar-refractivity contribution in [2.75, 3.05) is 4.90 Å². The van der Waals surface area contributed by atoms with Crippen molar-refractivity contribution >= 4 is 45.5 Å². The molecule has 1 heterocycles. The minimum absolute atomic E-state index is 0.0839. The molecular formula is C28H25BrN2O3. The van der Waals surface area contributed by atoms with Crippen LogP contribution in [-0.4, -0.2) is 17.8 Å². The maximum Gasteiger partial charge on any atom is 0.335 e. The van der Waals surface area contributed by atoms with Crippen LogP contribution in [-0.2, 0) is 16.0 Å². The lowest BCUT2D eigenvalue weighted by Gasteiger charge is -2.27. The highest BCUT2D eigenvalue weighted by molar-refractivity contribution is 9.10. The number of benzene rings is 3. The number of hydrogen-bond donors (Lipinski definition) is 1. The number of nitrogens with one attached hydrogen (secondary N) is 1. The third kappa shape index (κ3) is 4.87. The summed E-state index contributed by atoms with van der Waals surface area (Å²) in [5.74, 6) is -1.34. The van der Waals surface area contributed by atoms with Crippen LogP contribution >= 0.6 is 15.9 Å². The summed E-state index contributed by atoms with van der Waals surface area (Å²) in [7, 11) is 0. The summed E-state index contributed by atoms with van der Waals surface area (Å²) < 4.78 is 0.828. The average molecular weight is 517 g/mol. The van der Waals surface area contributed by atoms with Crippen molar-refractivity contribution in [3.8, 4) is 0 Å². The number of rotatable bonds is 4. The molecule has 0 aliphatic carbocycles. The van der Waals surface area contributed by atoms with Gasteiger partial charge in [0.1, 0.15) is 5.57 Å². The Kier molecular flexibility index (Phi) is 6.53. The monoisotopic (exact) mass is 516 g/mol. The number of carbonyl (C=O) groups is 3. The number of hydrogen-bond acceptors (Lipinski definition) is 3. The molecule has 0 aromatic heterocycles. The van der Waals surface area contributed by atoms with E-state index in [0.29, 0.717) is 12.1 Å². The summed E-state index contributed by atoms with van der Waals surface area (Å²) in [6, 6.07) is 16.9. The minimum Gasteiger partial charge on any atom is -0.273 e. The fraction of sp³-hybridized carbons (Fsp3) is 0.179. The molecule has 1 aliphatic rings. The van der Waals surface area contributed by atoms with E-state index < -0.39 is 17.8 Å². The highest BCUT2D eigenvalue weighted by Crippen LogP contribution is 2.28. The molecule has 6 heteroatoms. The van der Waals surface area contributed by atoms with Gasteiger partial charge in [-0.15, -0.1) is 0 Å². The summed E-state index contributed by atoms with van der Waals surface area (Å²) in [6.07, 6.45) is 2.22. The second-order valence-electron chi connectivity index (χ2n) is 8.76. The number of amides is 4. The van der Waals surface area contributed by atoms with Gasteiger partial charge < -0.3 is 0 Å². The van der Waals surface area contributed by atoms with E-state index in [1.54, 1.807) is 12.1 Å². The molecule has 0 bridgehead atoms. The molecule has 0 spiro atoms. The lowest BCUT2D eigenvalue weighted by Crippen LogP contribution is -2.54. The van der Waals surface area contributed by atoms with Gasteiger partial charge in [-0.1, -0.05) is 69.0 Å². The number of nitrogens with zero attached hydrogens (tertiary/aromatic N) is 1. The Balaban J connectivity index is 1.76. The van der Waals surface area contributed by atoms with Gasteiger partial charge in [0.05, 0.1) is 5.69 Å². The fourth-order valence-corrected chi connectivity index (χ4v) is 4.72. The molecular weight excluding hydrogens is 492 g/mol. The van der Waals surface area contributed by atoms with Crippen LogP contribution in [0.2, 0.25) is 0 Å². The first-order valence-corrected chi connectivity index (χ1v) is 11.8. The van der Waals surface area contributed by atoms with E-state index in [4.69, 9.17) is 0 Å².